The number of hydrogen-bond donors (Lipinski definition) is 1. The number of benzene rings is 2. The van der Waals surface area contributed by atoms with Gasteiger partial charge in [-0.2, -0.15) is 18.3 Å². The number of carbonyl (C=O) groups is 2. The highest BCUT2D eigenvalue weighted by atomic mass is 19.4. The van der Waals surface area contributed by atoms with E-state index in [1.165, 1.54) is 27.9 Å². The van der Waals surface area contributed by atoms with Gasteiger partial charge >= 0.3 is 6.18 Å². The van der Waals surface area contributed by atoms with E-state index < -0.39 is 17.6 Å². The van der Waals surface area contributed by atoms with Gasteiger partial charge in [-0.25, -0.2) is 0 Å². The molecule has 3 aromatic rings. The Labute approximate surface area is 176 Å². The maximum atomic E-state index is 13.2. The van der Waals surface area contributed by atoms with E-state index in [0.29, 0.717) is 5.69 Å². The molecule has 2 aromatic carbocycles. The highest BCUT2D eigenvalue weighted by Crippen LogP contribution is 2.33. The number of nitrogens with zero attached hydrogens (tertiary/aromatic N) is 3. The third-order valence-corrected chi connectivity index (χ3v) is 5.10. The molecule has 0 bridgehead atoms. The second kappa shape index (κ2) is 7.90. The number of amides is 2. The predicted molar refractivity (Wildman–Crippen MR) is 109 cm³/mol. The van der Waals surface area contributed by atoms with Gasteiger partial charge in [0.1, 0.15) is 0 Å². The summed E-state index contributed by atoms with van der Waals surface area (Å²) in [5, 5.41) is 6.96. The largest absolute Gasteiger partial charge is 0.416 e. The van der Waals surface area contributed by atoms with Gasteiger partial charge in [-0.05, 0) is 36.8 Å². The van der Waals surface area contributed by atoms with Gasteiger partial charge in [0, 0.05) is 12.2 Å². The Bertz CT molecular complexity index is 1110. The summed E-state index contributed by atoms with van der Waals surface area (Å²) in [5.74, 6) is -0.737. The third-order valence-electron chi connectivity index (χ3n) is 5.10. The number of alkyl halides is 3. The van der Waals surface area contributed by atoms with Crippen molar-refractivity contribution in [2.24, 2.45) is 0 Å². The van der Waals surface area contributed by atoms with Crippen LogP contribution in [-0.4, -0.2) is 28.1 Å². The summed E-state index contributed by atoms with van der Waals surface area (Å²) in [6.45, 7) is 2.09. The van der Waals surface area contributed by atoms with Gasteiger partial charge in [0.05, 0.1) is 29.9 Å². The molecule has 2 heterocycles. The van der Waals surface area contributed by atoms with Gasteiger partial charge in [0.15, 0.2) is 5.69 Å². The average molecular weight is 428 g/mol. The first kappa shape index (κ1) is 20.6. The lowest BCUT2D eigenvalue weighted by Gasteiger charge is -2.32. The summed E-state index contributed by atoms with van der Waals surface area (Å²) in [5.41, 5.74) is 0.855. The molecule has 0 fully saturated rings. The number of nitrogens with one attached hydrogen (secondary N) is 1. The number of carbonyl (C=O) groups excluding carboxylic acids is 2. The van der Waals surface area contributed by atoms with Crippen molar-refractivity contribution in [1.29, 1.82) is 0 Å². The molecular weight excluding hydrogens is 409 g/mol. The van der Waals surface area contributed by atoms with E-state index in [1.54, 1.807) is 0 Å². The number of anilines is 2. The fraction of sp³-hybridized carbons (Fsp3) is 0.227. The Kier molecular flexibility index (Phi) is 5.26. The van der Waals surface area contributed by atoms with Crippen molar-refractivity contribution in [3.05, 3.63) is 77.6 Å². The van der Waals surface area contributed by atoms with Crippen LogP contribution in [0.15, 0.2) is 60.8 Å². The molecular formula is C22H19F3N4O2. The minimum absolute atomic E-state index is 0.137. The molecule has 1 N–H and O–H groups in total. The zero-order valence-electron chi connectivity index (χ0n) is 16.6. The molecule has 1 aliphatic rings. The highest BCUT2D eigenvalue weighted by Gasteiger charge is 2.35. The van der Waals surface area contributed by atoms with Gasteiger partial charge in [-0.1, -0.05) is 30.3 Å². The van der Waals surface area contributed by atoms with Gasteiger partial charge in [-0.3, -0.25) is 14.3 Å². The average Bonchev–Trinajstić information content (AvgIpc) is 3.15. The van der Waals surface area contributed by atoms with Crippen LogP contribution in [0.25, 0.3) is 0 Å². The van der Waals surface area contributed by atoms with Gasteiger partial charge < -0.3 is 10.2 Å². The minimum atomic E-state index is -4.45. The monoisotopic (exact) mass is 428 g/mol. The van der Waals surface area contributed by atoms with E-state index in [4.69, 9.17) is 0 Å². The van der Waals surface area contributed by atoms with E-state index in [0.717, 1.165) is 17.7 Å². The zero-order chi connectivity index (χ0) is 22.2. The summed E-state index contributed by atoms with van der Waals surface area (Å²) in [6.07, 6.45) is -2.90. The van der Waals surface area contributed by atoms with Crippen LogP contribution in [0.1, 0.15) is 34.6 Å². The van der Waals surface area contributed by atoms with Crippen molar-refractivity contribution in [1.82, 2.24) is 9.78 Å². The lowest BCUT2D eigenvalue weighted by Crippen LogP contribution is -2.43. The Morgan fingerprint density at radius 1 is 1.13 bits per heavy atom. The summed E-state index contributed by atoms with van der Waals surface area (Å²) >= 11 is 0. The van der Waals surface area contributed by atoms with E-state index in [-0.39, 0.29) is 36.3 Å². The smallest absolute Gasteiger partial charge is 0.322 e. The number of halogens is 3. The van der Waals surface area contributed by atoms with Crippen molar-refractivity contribution >= 4 is 23.2 Å². The first-order valence-corrected chi connectivity index (χ1v) is 9.64. The SMILES string of the molecule is CC1CN(c2ccc(C(F)(F)F)cc2)C(=O)c2c(NC(=O)Cc3ccccc3)cnn21. The van der Waals surface area contributed by atoms with Crippen LogP contribution in [0.2, 0.25) is 0 Å². The molecule has 0 saturated carbocycles. The van der Waals surface area contributed by atoms with E-state index >= 15 is 0 Å². The molecule has 4 rings (SSSR count). The predicted octanol–water partition coefficient (Wildman–Crippen LogP) is 4.30. The molecule has 9 heteroatoms. The van der Waals surface area contributed by atoms with Crippen molar-refractivity contribution in [2.75, 3.05) is 16.8 Å². The number of fused-ring (bicyclic) bond motifs is 1. The normalized spacial score (nSPS) is 16.2. The molecule has 1 aromatic heterocycles. The van der Waals surface area contributed by atoms with E-state index in [2.05, 4.69) is 10.4 Å². The quantitative estimate of drug-likeness (QED) is 0.674. The fourth-order valence-corrected chi connectivity index (χ4v) is 3.58. The van der Waals surface area contributed by atoms with Crippen LogP contribution >= 0.6 is 0 Å². The molecule has 1 atom stereocenters. The van der Waals surface area contributed by atoms with Crippen molar-refractivity contribution in [3.63, 3.8) is 0 Å². The van der Waals surface area contributed by atoms with Crippen LogP contribution in [0, 0.1) is 0 Å². The summed E-state index contributed by atoms with van der Waals surface area (Å²) in [6, 6.07) is 13.4. The van der Waals surface area contributed by atoms with Gasteiger partial charge in [0.25, 0.3) is 5.91 Å². The second-order valence-corrected chi connectivity index (χ2v) is 7.37. The lowest BCUT2D eigenvalue weighted by atomic mass is 10.1. The molecule has 160 valence electrons. The van der Waals surface area contributed by atoms with Gasteiger partial charge in [0.2, 0.25) is 5.91 Å². The van der Waals surface area contributed by atoms with Crippen LogP contribution in [0.5, 0.6) is 0 Å². The van der Waals surface area contributed by atoms with Crippen molar-refractivity contribution < 1.29 is 22.8 Å². The summed E-state index contributed by atoms with van der Waals surface area (Å²) in [7, 11) is 0. The van der Waals surface area contributed by atoms with Crippen LogP contribution in [-0.2, 0) is 17.4 Å². The Morgan fingerprint density at radius 2 is 1.81 bits per heavy atom. The Hall–Kier alpha value is -3.62. The highest BCUT2D eigenvalue weighted by molar-refractivity contribution is 6.11. The zero-order valence-corrected chi connectivity index (χ0v) is 16.6. The molecule has 6 nitrogen and oxygen atoms in total. The van der Waals surface area contributed by atoms with Crippen LogP contribution in [0.4, 0.5) is 24.5 Å². The van der Waals surface area contributed by atoms with Crippen molar-refractivity contribution in [2.45, 2.75) is 25.6 Å². The van der Waals surface area contributed by atoms with E-state index in [9.17, 15) is 22.8 Å². The Balaban J connectivity index is 1.57. The standard InChI is InChI=1S/C22H19F3N4O2/c1-14-13-28(17-9-7-16(8-10-17)22(23,24)25)21(31)20-18(12-26-29(14)20)27-19(30)11-15-5-3-2-4-6-15/h2-10,12,14H,11,13H2,1H3,(H,27,30). The molecule has 0 aliphatic carbocycles. The second-order valence-electron chi connectivity index (χ2n) is 7.37. The molecule has 2 amide bonds. The maximum Gasteiger partial charge on any atom is 0.416 e. The summed E-state index contributed by atoms with van der Waals surface area (Å²) < 4.78 is 40.1. The Morgan fingerprint density at radius 3 is 2.45 bits per heavy atom. The molecule has 0 spiro atoms. The molecule has 1 aliphatic heterocycles. The topological polar surface area (TPSA) is 67.2 Å². The summed E-state index contributed by atoms with van der Waals surface area (Å²) in [4.78, 5) is 27.0. The third kappa shape index (κ3) is 4.16. The van der Waals surface area contributed by atoms with Gasteiger partial charge in [-0.15, -0.1) is 0 Å². The first-order valence-electron chi connectivity index (χ1n) is 9.64. The minimum Gasteiger partial charge on any atom is -0.322 e. The van der Waals surface area contributed by atoms with Crippen molar-refractivity contribution in [3.8, 4) is 0 Å². The maximum absolute atomic E-state index is 13.2. The fourth-order valence-electron chi connectivity index (χ4n) is 3.58. The van der Waals surface area contributed by atoms with E-state index in [1.807, 2.05) is 37.3 Å². The molecule has 1 unspecified atom stereocenters. The molecule has 0 saturated heterocycles. The number of hydrogen-bond acceptors (Lipinski definition) is 3. The first-order chi connectivity index (χ1) is 14.7. The van der Waals surface area contributed by atoms with Crippen LogP contribution < -0.4 is 10.2 Å². The number of aromatic nitrogens is 2. The number of rotatable bonds is 4. The molecule has 31 heavy (non-hydrogen) atoms. The lowest BCUT2D eigenvalue weighted by molar-refractivity contribution is -0.137. The van der Waals surface area contributed by atoms with Crippen LogP contribution in [0.3, 0.4) is 0 Å². The molecule has 0 radical (unpaired) electrons.